The summed E-state index contributed by atoms with van der Waals surface area (Å²) in [5.74, 6) is 1.71. The molecule has 0 saturated heterocycles. The Kier molecular flexibility index (Phi) is 3.83. The molecule has 0 radical (unpaired) electrons. The molecule has 3 nitrogen and oxygen atoms in total. The fraction of sp³-hybridized carbons (Fsp3) is 0.304. The lowest BCUT2D eigenvalue weighted by Crippen LogP contribution is -2.32. The number of methoxy groups -OCH3 is 1. The van der Waals surface area contributed by atoms with Crippen LogP contribution in [-0.4, -0.2) is 12.6 Å². The van der Waals surface area contributed by atoms with E-state index in [4.69, 9.17) is 9.47 Å². The van der Waals surface area contributed by atoms with Gasteiger partial charge in [-0.15, -0.1) is 0 Å². The molecule has 4 rings (SSSR count). The van der Waals surface area contributed by atoms with E-state index in [2.05, 4.69) is 56.4 Å². The summed E-state index contributed by atoms with van der Waals surface area (Å²) < 4.78 is 12.0. The monoisotopic (exact) mass is 347 g/mol. The average Bonchev–Trinajstić information content (AvgIpc) is 2.59. The van der Waals surface area contributed by atoms with Gasteiger partial charge < -0.3 is 14.8 Å². The van der Waals surface area contributed by atoms with Crippen molar-refractivity contribution in [3.63, 3.8) is 0 Å². The predicted octanol–water partition coefficient (Wildman–Crippen LogP) is 5.98. The Bertz CT molecular complexity index is 937. The minimum absolute atomic E-state index is 0.0630. The fourth-order valence-corrected chi connectivity index (χ4v) is 4.21. The van der Waals surface area contributed by atoms with Crippen LogP contribution in [-0.2, 0) is 0 Å². The van der Waals surface area contributed by atoms with Gasteiger partial charge >= 0.3 is 0 Å². The number of rotatable bonds is 2. The minimum Gasteiger partial charge on any atom is -0.496 e. The number of hydrogen-bond acceptors (Lipinski definition) is 3. The first-order valence-corrected chi connectivity index (χ1v) is 9.07. The second kappa shape index (κ2) is 5.94. The van der Waals surface area contributed by atoms with Gasteiger partial charge in [-0.1, -0.05) is 24.3 Å². The van der Waals surface area contributed by atoms with Gasteiger partial charge in [-0.25, -0.2) is 0 Å². The van der Waals surface area contributed by atoms with Gasteiger partial charge in [0.05, 0.1) is 18.2 Å². The van der Waals surface area contributed by atoms with Gasteiger partial charge in [0.15, 0.2) is 0 Å². The molecule has 0 amide bonds. The van der Waals surface area contributed by atoms with Crippen LogP contribution in [0.4, 0.5) is 5.69 Å². The van der Waals surface area contributed by atoms with E-state index >= 15 is 0 Å². The molecule has 26 heavy (non-hydrogen) atoms. The molecule has 0 aromatic heterocycles. The minimum atomic E-state index is -0.115. The summed E-state index contributed by atoms with van der Waals surface area (Å²) in [6.07, 6.45) is 6.35. The highest BCUT2D eigenvalue weighted by Crippen LogP contribution is 2.52. The summed E-state index contributed by atoms with van der Waals surface area (Å²) in [5.41, 5.74) is 7.02. The molecule has 3 heteroatoms. The SMILES string of the molecule is C/C=C\C1Oc2cccc(OC)c2-c2ccc3c(c21)C(C)=CC(C)(C)N3. The van der Waals surface area contributed by atoms with E-state index in [1.807, 2.05) is 25.1 Å². The molecule has 2 aromatic rings. The van der Waals surface area contributed by atoms with Crippen molar-refractivity contribution < 1.29 is 9.47 Å². The van der Waals surface area contributed by atoms with Crippen molar-refractivity contribution >= 4 is 11.3 Å². The van der Waals surface area contributed by atoms with Crippen LogP contribution in [0.2, 0.25) is 0 Å². The van der Waals surface area contributed by atoms with Crippen LogP contribution >= 0.6 is 0 Å². The number of fused-ring (bicyclic) bond motifs is 5. The average molecular weight is 347 g/mol. The third-order valence-corrected chi connectivity index (χ3v) is 5.06. The van der Waals surface area contributed by atoms with Gasteiger partial charge in [-0.2, -0.15) is 0 Å². The summed E-state index contributed by atoms with van der Waals surface area (Å²) >= 11 is 0. The highest BCUT2D eigenvalue weighted by Gasteiger charge is 2.33. The van der Waals surface area contributed by atoms with Crippen LogP contribution in [0.3, 0.4) is 0 Å². The molecule has 134 valence electrons. The van der Waals surface area contributed by atoms with Crippen molar-refractivity contribution in [2.45, 2.75) is 39.3 Å². The molecule has 0 saturated carbocycles. The van der Waals surface area contributed by atoms with Crippen molar-refractivity contribution in [2.75, 3.05) is 12.4 Å². The number of anilines is 1. The number of benzene rings is 2. The molecule has 2 aliphatic heterocycles. The number of ether oxygens (including phenoxy) is 2. The normalized spacial score (nSPS) is 19.6. The maximum Gasteiger partial charge on any atom is 0.143 e. The second-order valence-electron chi connectivity index (χ2n) is 7.52. The van der Waals surface area contributed by atoms with Crippen LogP contribution in [0, 0.1) is 0 Å². The van der Waals surface area contributed by atoms with E-state index in [9.17, 15) is 0 Å². The quantitative estimate of drug-likeness (QED) is 0.678. The third-order valence-electron chi connectivity index (χ3n) is 5.06. The van der Waals surface area contributed by atoms with Gasteiger partial charge in [0.1, 0.15) is 17.6 Å². The third kappa shape index (κ3) is 2.50. The van der Waals surface area contributed by atoms with Gasteiger partial charge in [0.25, 0.3) is 0 Å². The van der Waals surface area contributed by atoms with Crippen molar-refractivity contribution in [3.05, 3.63) is 59.7 Å². The van der Waals surface area contributed by atoms with Gasteiger partial charge in [-0.05, 0) is 63.1 Å². The molecule has 1 atom stereocenters. The van der Waals surface area contributed by atoms with Crippen molar-refractivity contribution in [2.24, 2.45) is 0 Å². The zero-order chi connectivity index (χ0) is 18.5. The van der Waals surface area contributed by atoms with E-state index in [-0.39, 0.29) is 11.6 Å². The predicted molar refractivity (Wildman–Crippen MR) is 108 cm³/mol. The second-order valence-corrected chi connectivity index (χ2v) is 7.52. The Labute approximate surface area is 155 Å². The first-order chi connectivity index (χ1) is 12.4. The molecule has 0 fully saturated rings. The Balaban J connectivity index is 2.04. The van der Waals surface area contributed by atoms with Crippen molar-refractivity contribution in [1.82, 2.24) is 0 Å². The van der Waals surface area contributed by atoms with Crippen LogP contribution in [0.5, 0.6) is 11.5 Å². The molecular formula is C23H25NO2. The van der Waals surface area contributed by atoms with Crippen LogP contribution in [0.1, 0.15) is 44.9 Å². The van der Waals surface area contributed by atoms with E-state index < -0.39 is 0 Å². The molecule has 2 heterocycles. The molecule has 0 bridgehead atoms. The highest BCUT2D eigenvalue weighted by atomic mass is 16.5. The lowest BCUT2D eigenvalue weighted by Gasteiger charge is -2.36. The summed E-state index contributed by atoms with van der Waals surface area (Å²) in [5, 5.41) is 3.64. The summed E-state index contributed by atoms with van der Waals surface area (Å²) in [7, 11) is 1.71. The van der Waals surface area contributed by atoms with E-state index in [1.54, 1.807) is 7.11 Å². The fourth-order valence-electron chi connectivity index (χ4n) is 4.21. The zero-order valence-corrected chi connectivity index (χ0v) is 16.0. The maximum absolute atomic E-state index is 6.39. The topological polar surface area (TPSA) is 30.5 Å². The maximum atomic E-state index is 6.39. The number of allylic oxidation sites excluding steroid dienone is 2. The zero-order valence-electron chi connectivity index (χ0n) is 16.0. The van der Waals surface area contributed by atoms with E-state index in [1.165, 1.54) is 22.3 Å². The first-order valence-electron chi connectivity index (χ1n) is 9.07. The Hall–Kier alpha value is -2.68. The van der Waals surface area contributed by atoms with Gasteiger partial charge in [-0.3, -0.25) is 0 Å². The van der Waals surface area contributed by atoms with Crippen molar-refractivity contribution in [3.8, 4) is 22.6 Å². The summed E-state index contributed by atoms with van der Waals surface area (Å²) in [6.45, 7) is 8.60. The van der Waals surface area contributed by atoms with Crippen LogP contribution < -0.4 is 14.8 Å². The lowest BCUT2D eigenvalue weighted by atomic mass is 9.81. The number of hydrogen-bond donors (Lipinski definition) is 1. The standard InChI is InChI=1S/C23H25NO2/c1-6-8-18-22-15(21-17(25-5)9-7-10-19(21)26-18)11-12-16-20(22)14(2)13-23(3,4)24-16/h6-13,18,24H,1-5H3/b8-6-. The van der Waals surface area contributed by atoms with E-state index in [0.29, 0.717) is 0 Å². The van der Waals surface area contributed by atoms with Gasteiger partial charge in [0.2, 0.25) is 0 Å². The molecular weight excluding hydrogens is 322 g/mol. The Morgan fingerprint density at radius 3 is 2.69 bits per heavy atom. The first kappa shape index (κ1) is 16.8. The number of nitrogens with one attached hydrogen (secondary N) is 1. The highest BCUT2D eigenvalue weighted by molar-refractivity contribution is 5.91. The molecule has 2 aromatic carbocycles. The van der Waals surface area contributed by atoms with E-state index in [0.717, 1.165) is 22.7 Å². The van der Waals surface area contributed by atoms with Gasteiger partial charge in [0, 0.05) is 16.8 Å². The molecule has 2 aliphatic rings. The summed E-state index contributed by atoms with van der Waals surface area (Å²) in [4.78, 5) is 0. The lowest BCUT2D eigenvalue weighted by molar-refractivity contribution is 0.249. The van der Waals surface area contributed by atoms with Crippen molar-refractivity contribution in [1.29, 1.82) is 0 Å². The van der Waals surface area contributed by atoms with Crippen LogP contribution in [0.25, 0.3) is 16.7 Å². The smallest absolute Gasteiger partial charge is 0.143 e. The largest absolute Gasteiger partial charge is 0.496 e. The molecule has 1 unspecified atom stereocenters. The Morgan fingerprint density at radius 2 is 1.96 bits per heavy atom. The Morgan fingerprint density at radius 1 is 1.15 bits per heavy atom. The summed E-state index contributed by atoms with van der Waals surface area (Å²) in [6, 6.07) is 10.4. The molecule has 1 N–H and O–H groups in total. The molecule has 0 spiro atoms. The molecule has 0 aliphatic carbocycles. The van der Waals surface area contributed by atoms with Crippen LogP contribution in [0.15, 0.2) is 48.6 Å².